The second-order valence-electron chi connectivity index (χ2n) is 4.88. The van der Waals surface area contributed by atoms with Crippen LogP contribution in [0.3, 0.4) is 0 Å². The maximum atomic E-state index is 13.1. The third-order valence-corrected chi connectivity index (χ3v) is 3.61. The summed E-state index contributed by atoms with van der Waals surface area (Å²) >= 11 is 0. The lowest BCUT2D eigenvalue weighted by atomic mass is 10.2. The summed E-state index contributed by atoms with van der Waals surface area (Å²) in [4.78, 5) is 20.8. The Morgan fingerprint density at radius 1 is 1.19 bits per heavy atom. The average molecular weight is 282 g/mol. The zero-order valence-electron chi connectivity index (χ0n) is 11.0. The van der Waals surface area contributed by atoms with Crippen LogP contribution in [0.5, 0.6) is 0 Å². The summed E-state index contributed by atoms with van der Waals surface area (Å²) in [5, 5.41) is 2.85. The number of hydrogen-bond acceptors (Lipinski definition) is 3. The Labute approximate surface area is 119 Å². The van der Waals surface area contributed by atoms with Gasteiger partial charge < -0.3 is 9.88 Å². The quantitative estimate of drug-likeness (QED) is 0.742. The smallest absolute Gasteiger partial charge is 0.253 e. The van der Waals surface area contributed by atoms with Crippen molar-refractivity contribution < 1.29 is 9.18 Å². The highest BCUT2D eigenvalue weighted by molar-refractivity contribution is 6.05. The van der Waals surface area contributed by atoms with Crippen molar-refractivity contribution in [3.63, 3.8) is 0 Å². The third kappa shape index (κ3) is 1.79. The van der Waals surface area contributed by atoms with E-state index in [1.165, 1.54) is 12.1 Å². The predicted octanol–water partition coefficient (Wildman–Crippen LogP) is 1.98. The number of nitrogens with zero attached hydrogens (tertiary/aromatic N) is 3. The van der Waals surface area contributed by atoms with E-state index < -0.39 is 0 Å². The number of hydrogen-bond donors (Lipinski definition) is 1. The SMILES string of the molecule is O=C1NCCn2c(-c3ccc(F)cc3)nc3nccc1c32. The normalized spacial score (nSPS) is 14.0. The fourth-order valence-corrected chi connectivity index (χ4v) is 2.65. The number of pyridine rings is 1. The molecule has 5 nitrogen and oxygen atoms in total. The van der Waals surface area contributed by atoms with Gasteiger partial charge in [0.25, 0.3) is 5.91 Å². The third-order valence-electron chi connectivity index (χ3n) is 3.61. The Kier molecular flexibility index (Phi) is 2.50. The lowest BCUT2D eigenvalue weighted by molar-refractivity contribution is 0.0956. The van der Waals surface area contributed by atoms with Gasteiger partial charge in [0, 0.05) is 24.8 Å². The summed E-state index contributed by atoms with van der Waals surface area (Å²) in [6.07, 6.45) is 1.58. The highest BCUT2D eigenvalue weighted by Crippen LogP contribution is 2.27. The number of amides is 1. The van der Waals surface area contributed by atoms with Crippen molar-refractivity contribution in [1.29, 1.82) is 0 Å². The highest BCUT2D eigenvalue weighted by atomic mass is 19.1. The molecule has 0 radical (unpaired) electrons. The molecule has 21 heavy (non-hydrogen) atoms. The summed E-state index contributed by atoms with van der Waals surface area (Å²) < 4.78 is 15.0. The fraction of sp³-hybridized carbons (Fsp3) is 0.133. The van der Waals surface area contributed by atoms with Crippen LogP contribution in [0.2, 0.25) is 0 Å². The van der Waals surface area contributed by atoms with Crippen molar-refractivity contribution in [3.8, 4) is 11.4 Å². The van der Waals surface area contributed by atoms with Crippen molar-refractivity contribution in [2.75, 3.05) is 6.54 Å². The summed E-state index contributed by atoms with van der Waals surface area (Å²) in [5.74, 6) is 0.287. The van der Waals surface area contributed by atoms with Crippen LogP contribution in [-0.2, 0) is 6.54 Å². The molecule has 0 spiro atoms. The number of rotatable bonds is 1. The number of carbonyl (C=O) groups excluding carboxylic acids is 1. The molecule has 1 aliphatic heterocycles. The molecule has 4 rings (SSSR count). The van der Waals surface area contributed by atoms with Gasteiger partial charge in [0.1, 0.15) is 17.2 Å². The fourth-order valence-electron chi connectivity index (χ4n) is 2.65. The molecule has 1 amide bonds. The van der Waals surface area contributed by atoms with E-state index in [-0.39, 0.29) is 11.7 Å². The molecule has 0 unspecified atom stereocenters. The van der Waals surface area contributed by atoms with Gasteiger partial charge in [-0.2, -0.15) is 0 Å². The molecule has 0 saturated heterocycles. The van der Waals surface area contributed by atoms with Crippen LogP contribution in [0.1, 0.15) is 10.4 Å². The molecule has 3 aromatic rings. The molecule has 0 fully saturated rings. The van der Waals surface area contributed by atoms with Gasteiger partial charge in [-0.05, 0) is 30.3 Å². The molecular weight excluding hydrogens is 271 g/mol. The van der Waals surface area contributed by atoms with E-state index in [0.717, 1.165) is 11.1 Å². The molecule has 0 atom stereocenters. The van der Waals surface area contributed by atoms with Crippen molar-refractivity contribution in [2.45, 2.75) is 6.54 Å². The van der Waals surface area contributed by atoms with Crippen LogP contribution in [0.15, 0.2) is 36.5 Å². The Morgan fingerprint density at radius 3 is 2.81 bits per heavy atom. The Bertz CT molecular complexity index is 854. The summed E-state index contributed by atoms with van der Waals surface area (Å²) in [7, 11) is 0. The molecule has 1 N–H and O–H groups in total. The number of imidazole rings is 1. The molecule has 2 aromatic heterocycles. The van der Waals surface area contributed by atoms with Gasteiger partial charge in [-0.15, -0.1) is 0 Å². The lowest BCUT2D eigenvalue weighted by Gasteiger charge is -2.06. The summed E-state index contributed by atoms with van der Waals surface area (Å²) in [6, 6.07) is 7.85. The average Bonchev–Trinajstić information content (AvgIpc) is 2.77. The van der Waals surface area contributed by atoms with Crippen LogP contribution in [0.4, 0.5) is 4.39 Å². The van der Waals surface area contributed by atoms with Crippen LogP contribution in [-0.4, -0.2) is 27.0 Å². The van der Waals surface area contributed by atoms with E-state index in [2.05, 4.69) is 15.3 Å². The lowest BCUT2D eigenvalue weighted by Crippen LogP contribution is -2.24. The number of benzene rings is 1. The molecule has 104 valence electrons. The van der Waals surface area contributed by atoms with Crippen LogP contribution in [0.25, 0.3) is 22.6 Å². The zero-order chi connectivity index (χ0) is 14.4. The first kappa shape index (κ1) is 12.0. The molecule has 1 aliphatic rings. The van der Waals surface area contributed by atoms with Gasteiger partial charge in [0.2, 0.25) is 0 Å². The Hall–Kier alpha value is -2.76. The molecule has 3 heterocycles. The zero-order valence-corrected chi connectivity index (χ0v) is 11.0. The van der Waals surface area contributed by atoms with Gasteiger partial charge in [0.15, 0.2) is 5.65 Å². The first-order chi connectivity index (χ1) is 10.2. The molecular formula is C15H11FN4O. The van der Waals surface area contributed by atoms with E-state index in [9.17, 15) is 9.18 Å². The minimum absolute atomic E-state index is 0.119. The maximum absolute atomic E-state index is 13.1. The second-order valence-corrected chi connectivity index (χ2v) is 4.88. The van der Waals surface area contributed by atoms with Gasteiger partial charge >= 0.3 is 0 Å². The minimum atomic E-state index is -0.290. The first-order valence-electron chi connectivity index (χ1n) is 6.63. The molecule has 0 saturated carbocycles. The number of aromatic nitrogens is 3. The molecule has 0 bridgehead atoms. The number of carbonyl (C=O) groups is 1. The maximum Gasteiger partial charge on any atom is 0.253 e. The monoisotopic (exact) mass is 282 g/mol. The molecule has 1 aromatic carbocycles. The second kappa shape index (κ2) is 4.37. The van der Waals surface area contributed by atoms with Crippen LogP contribution >= 0.6 is 0 Å². The van der Waals surface area contributed by atoms with Crippen molar-refractivity contribution in [3.05, 3.63) is 47.9 Å². The van der Waals surface area contributed by atoms with Crippen LogP contribution < -0.4 is 5.32 Å². The summed E-state index contributed by atoms with van der Waals surface area (Å²) in [5.41, 5.74) is 2.63. The van der Waals surface area contributed by atoms with Crippen molar-refractivity contribution in [1.82, 2.24) is 19.9 Å². The Balaban J connectivity index is 2.02. The topological polar surface area (TPSA) is 59.8 Å². The number of nitrogens with one attached hydrogen (secondary N) is 1. The molecule has 0 aliphatic carbocycles. The van der Waals surface area contributed by atoms with E-state index in [1.807, 2.05) is 4.57 Å². The largest absolute Gasteiger partial charge is 0.350 e. The van der Waals surface area contributed by atoms with Gasteiger partial charge in [-0.25, -0.2) is 14.4 Å². The predicted molar refractivity (Wildman–Crippen MR) is 75.3 cm³/mol. The van der Waals surface area contributed by atoms with E-state index in [1.54, 1.807) is 24.4 Å². The van der Waals surface area contributed by atoms with Gasteiger partial charge in [-0.1, -0.05) is 0 Å². The molecule has 6 heteroatoms. The van der Waals surface area contributed by atoms with Crippen molar-refractivity contribution in [2.24, 2.45) is 0 Å². The standard InChI is InChI=1S/C15H11FN4O/c16-10-3-1-9(2-4-10)14-19-13-12-11(5-6-17-13)15(21)18-7-8-20(12)14/h1-6H,7-8H2,(H,18,21). The van der Waals surface area contributed by atoms with E-state index in [4.69, 9.17) is 0 Å². The van der Waals surface area contributed by atoms with Crippen molar-refractivity contribution >= 4 is 17.1 Å². The van der Waals surface area contributed by atoms with E-state index in [0.29, 0.717) is 30.1 Å². The van der Waals surface area contributed by atoms with Gasteiger partial charge in [-0.3, -0.25) is 4.79 Å². The number of halogens is 1. The Morgan fingerprint density at radius 2 is 2.00 bits per heavy atom. The van der Waals surface area contributed by atoms with E-state index >= 15 is 0 Å². The highest BCUT2D eigenvalue weighted by Gasteiger charge is 2.22. The summed E-state index contributed by atoms with van der Waals surface area (Å²) in [6.45, 7) is 1.13. The first-order valence-corrected chi connectivity index (χ1v) is 6.63. The van der Waals surface area contributed by atoms with Gasteiger partial charge in [0.05, 0.1) is 5.56 Å². The van der Waals surface area contributed by atoms with Crippen LogP contribution in [0, 0.1) is 5.82 Å². The minimum Gasteiger partial charge on any atom is -0.350 e.